The first-order chi connectivity index (χ1) is 10.5. The van der Waals surface area contributed by atoms with E-state index in [1.807, 2.05) is 36.2 Å². The third kappa shape index (κ3) is 4.05. The molecular weight excluding hydrogens is 298 g/mol. The molecule has 0 aliphatic carbocycles. The van der Waals surface area contributed by atoms with Gasteiger partial charge < -0.3 is 15.3 Å². The van der Waals surface area contributed by atoms with E-state index in [1.54, 1.807) is 5.38 Å². The third-order valence-electron chi connectivity index (χ3n) is 3.25. The van der Waals surface area contributed by atoms with Gasteiger partial charge in [0, 0.05) is 36.3 Å². The average Bonchev–Trinajstić information content (AvgIpc) is 2.98. The van der Waals surface area contributed by atoms with Crippen LogP contribution in [0.15, 0.2) is 29.6 Å². The topological polar surface area (TPSA) is 65.5 Å². The lowest BCUT2D eigenvalue weighted by Crippen LogP contribution is -2.21. The number of carbonyl (C=O) groups excluding carboxylic acids is 1. The van der Waals surface area contributed by atoms with Gasteiger partial charge in [-0.1, -0.05) is 13.8 Å². The minimum atomic E-state index is -0.195. The summed E-state index contributed by atoms with van der Waals surface area (Å²) in [5.74, 6) is 0.132. The lowest BCUT2D eigenvalue weighted by Gasteiger charge is -2.18. The Kier molecular flexibility index (Phi) is 5.51. The number of amides is 1. The largest absolute Gasteiger partial charge is 0.395 e. The zero-order valence-electron chi connectivity index (χ0n) is 13.0. The SMILES string of the molecule is CC(C)c1nc(C(=O)Nc2ccc(N(C)CCO)cc2)cs1. The molecule has 1 amide bonds. The van der Waals surface area contributed by atoms with Gasteiger partial charge in [0.25, 0.3) is 5.91 Å². The van der Waals surface area contributed by atoms with Crippen LogP contribution in [0, 0.1) is 0 Å². The first-order valence-electron chi connectivity index (χ1n) is 7.20. The number of aliphatic hydroxyl groups is 1. The third-order valence-corrected chi connectivity index (χ3v) is 4.40. The van der Waals surface area contributed by atoms with E-state index in [0.717, 1.165) is 16.4 Å². The minimum Gasteiger partial charge on any atom is -0.395 e. The van der Waals surface area contributed by atoms with Gasteiger partial charge in [0.05, 0.1) is 11.6 Å². The quantitative estimate of drug-likeness (QED) is 0.859. The molecule has 2 rings (SSSR count). The molecule has 22 heavy (non-hydrogen) atoms. The Morgan fingerprint density at radius 2 is 2.05 bits per heavy atom. The second kappa shape index (κ2) is 7.38. The summed E-state index contributed by atoms with van der Waals surface area (Å²) in [7, 11) is 1.91. The summed E-state index contributed by atoms with van der Waals surface area (Å²) in [4.78, 5) is 18.5. The van der Waals surface area contributed by atoms with Crippen LogP contribution < -0.4 is 10.2 Å². The van der Waals surface area contributed by atoms with Crippen molar-refractivity contribution in [3.63, 3.8) is 0 Å². The molecule has 118 valence electrons. The van der Waals surface area contributed by atoms with Gasteiger partial charge in [-0.25, -0.2) is 4.98 Å². The summed E-state index contributed by atoms with van der Waals surface area (Å²) in [6.07, 6.45) is 0. The highest BCUT2D eigenvalue weighted by molar-refractivity contribution is 7.09. The van der Waals surface area contributed by atoms with E-state index >= 15 is 0 Å². The number of aliphatic hydroxyl groups excluding tert-OH is 1. The van der Waals surface area contributed by atoms with Crippen LogP contribution in [0.25, 0.3) is 0 Å². The van der Waals surface area contributed by atoms with Gasteiger partial charge in [-0.05, 0) is 24.3 Å². The van der Waals surface area contributed by atoms with Crippen LogP contribution in [0.5, 0.6) is 0 Å². The Hall–Kier alpha value is -1.92. The van der Waals surface area contributed by atoms with Crippen LogP contribution in [0.1, 0.15) is 35.3 Å². The molecule has 6 heteroatoms. The van der Waals surface area contributed by atoms with Crippen molar-refractivity contribution in [3.8, 4) is 0 Å². The maximum atomic E-state index is 12.2. The number of likely N-dealkylation sites (N-methyl/N-ethyl adjacent to an activating group) is 1. The van der Waals surface area contributed by atoms with E-state index in [9.17, 15) is 4.79 Å². The molecule has 5 nitrogen and oxygen atoms in total. The Morgan fingerprint density at radius 3 is 2.59 bits per heavy atom. The predicted octanol–water partition coefficient (Wildman–Crippen LogP) is 2.95. The van der Waals surface area contributed by atoms with Crippen LogP contribution in [0.2, 0.25) is 0 Å². The number of nitrogens with zero attached hydrogens (tertiary/aromatic N) is 2. The van der Waals surface area contributed by atoms with Gasteiger partial charge in [-0.3, -0.25) is 4.79 Å². The molecule has 2 aromatic rings. The monoisotopic (exact) mass is 319 g/mol. The van der Waals surface area contributed by atoms with Gasteiger partial charge in [-0.2, -0.15) is 0 Å². The second-order valence-electron chi connectivity index (χ2n) is 5.37. The molecule has 1 aromatic carbocycles. The normalized spacial score (nSPS) is 10.8. The summed E-state index contributed by atoms with van der Waals surface area (Å²) in [6.45, 7) is 4.80. The maximum absolute atomic E-state index is 12.2. The molecule has 0 aliphatic rings. The summed E-state index contributed by atoms with van der Waals surface area (Å²) in [6, 6.07) is 7.51. The van der Waals surface area contributed by atoms with Crippen molar-refractivity contribution < 1.29 is 9.90 Å². The standard InChI is InChI=1S/C16H21N3O2S/c1-11(2)16-18-14(10-22-16)15(21)17-12-4-6-13(7-5-12)19(3)8-9-20/h4-7,10-11,20H,8-9H2,1-3H3,(H,17,21). The van der Waals surface area contributed by atoms with Crippen molar-refractivity contribution in [2.24, 2.45) is 0 Å². The Labute approximate surface area is 134 Å². The fourth-order valence-corrected chi connectivity index (χ4v) is 2.75. The Balaban J connectivity index is 2.02. The van der Waals surface area contributed by atoms with Crippen molar-refractivity contribution >= 4 is 28.6 Å². The minimum absolute atomic E-state index is 0.108. The number of nitrogens with one attached hydrogen (secondary N) is 1. The molecule has 2 N–H and O–H groups in total. The summed E-state index contributed by atoms with van der Waals surface area (Å²) in [5, 5.41) is 14.5. The first-order valence-corrected chi connectivity index (χ1v) is 8.08. The van der Waals surface area contributed by atoms with E-state index in [-0.39, 0.29) is 12.5 Å². The fourth-order valence-electron chi connectivity index (χ4n) is 1.93. The van der Waals surface area contributed by atoms with Crippen molar-refractivity contribution in [2.45, 2.75) is 19.8 Å². The van der Waals surface area contributed by atoms with Crippen LogP contribution in [-0.2, 0) is 0 Å². The van der Waals surface area contributed by atoms with E-state index in [2.05, 4.69) is 24.1 Å². The van der Waals surface area contributed by atoms with Gasteiger partial charge in [0.1, 0.15) is 5.69 Å². The predicted molar refractivity (Wildman–Crippen MR) is 91.0 cm³/mol. The van der Waals surface area contributed by atoms with Crippen molar-refractivity contribution in [3.05, 3.63) is 40.3 Å². The number of carbonyl (C=O) groups is 1. The molecule has 1 aromatic heterocycles. The van der Waals surface area contributed by atoms with Crippen LogP contribution in [-0.4, -0.2) is 36.2 Å². The van der Waals surface area contributed by atoms with Crippen LogP contribution in [0.3, 0.4) is 0 Å². The van der Waals surface area contributed by atoms with E-state index in [0.29, 0.717) is 18.2 Å². The van der Waals surface area contributed by atoms with Crippen molar-refractivity contribution in [2.75, 3.05) is 30.4 Å². The number of hydrogen-bond donors (Lipinski definition) is 2. The molecular formula is C16H21N3O2S. The lowest BCUT2D eigenvalue weighted by atomic mass is 10.2. The second-order valence-corrected chi connectivity index (χ2v) is 6.26. The van der Waals surface area contributed by atoms with Gasteiger partial charge in [0.2, 0.25) is 0 Å². The Bertz CT molecular complexity index is 623. The highest BCUT2D eigenvalue weighted by atomic mass is 32.1. The van der Waals surface area contributed by atoms with Crippen LogP contribution in [0.4, 0.5) is 11.4 Å². The zero-order chi connectivity index (χ0) is 16.1. The molecule has 0 unspecified atom stereocenters. The zero-order valence-corrected chi connectivity index (χ0v) is 13.9. The number of hydrogen-bond acceptors (Lipinski definition) is 5. The summed E-state index contributed by atoms with van der Waals surface area (Å²) >= 11 is 1.51. The smallest absolute Gasteiger partial charge is 0.275 e. The molecule has 0 atom stereocenters. The molecule has 0 fully saturated rings. The molecule has 0 spiro atoms. The van der Waals surface area contributed by atoms with Gasteiger partial charge in [0.15, 0.2) is 0 Å². The Morgan fingerprint density at radius 1 is 1.36 bits per heavy atom. The number of anilines is 2. The first kappa shape index (κ1) is 16.5. The van der Waals surface area contributed by atoms with E-state index in [1.165, 1.54) is 11.3 Å². The van der Waals surface area contributed by atoms with Crippen molar-refractivity contribution in [1.82, 2.24) is 4.98 Å². The number of benzene rings is 1. The average molecular weight is 319 g/mol. The molecule has 0 saturated heterocycles. The van der Waals surface area contributed by atoms with E-state index < -0.39 is 0 Å². The highest BCUT2D eigenvalue weighted by Crippen LogP contribution is 2.21. The fraction of sp³-hybridized carbons (Fsp3) is 0.375. The highest BCUT2D eigenvalue weighted by Gasteiger charge is 2.12. The van der Waals surface area contributed by atoms with E-state index in [4.69, 9.17) is 5.11 Å². The number of thiazole rings is 1. The van der Waals surface area contributed by atoms with Crippen molar-refractivity contribution in [1.29, 1.82) is 0 Å². The molecule has 0 bridgehead atoms. The summed E-state index contributed by atoms with van der Waals surface area (Å²) < 4.78 is 0. The number of rotatable bonds is 6. The molecule has 0 radical (unpaired) electrons. The molecule has 0 aliphatic heterocycles. The summed E-state index contributed by atoms with van der Waals surface area (Å²) in [5.41, 5.74) is 2.17. The van der Waals surface area contributed by atoms with Crippen LogP contribution >= 0.6 is 11.3 Å². The van der Waals surface area contributed by atoms with Gasteiger partial charge >= 0.3 is 0 Å². The van der Waals surface area contributed by atoms with Gasteiger partial charge in [-0.15, -0.1) is 11.3 Å². The maximum Gasteiger partial charge on any atom is 0.275 e. The number of aromatic nitrogens is 1. The molecule has 0 saturated carbocycles. The lowest BCUT2D eigenvalue weighted by molar-refractivity contribution is 0.102. The molecule has 1 heterocycles.